The molecule has 40 heavy (non-hydrogen) atoms. The minimum atomic E-state index is -4.90. The van der Waals surface area contributed by atoms with E-state index in [1.165, 1.54) is 37.4 Å². The summed E-state index contributed by atoms with van der Waals surface area (Å²) in [4.78, 5) is 17.4. The molecule has 0 unspecified atom stereocenters. The van der Waals surface area contributed by atoms with Crippen LogP contribution in [0, 0.1) is 11.3 Å². The molecule has 4 aromatic rings. The van der Waals surface area contributed by atoms with Crippen molar-refractivity contribution in [2.75, 3.05) is 11.9 Å². The quantitative estimate of drug-likeness (QED) is 0.218. The van der Waals surface area contributed by atoms with E-state index in [0.29, 0.717) is 38.2 Å². The third-order valence-corrected chi connectivity index (χ3v) is 6.58. The van der Waals surface area contributed by atoms with E-state index in [1.807, 2.05) is 19.9 Å². The smallest absolute Gasteiger partial charge is 0.435 e. The van der Waals surface area contributed by atoms with Crippen LogP contribution in [0.3, 0.4) is 0 Å². The average Bonchev–Trinajstić information content (AvgIpc) is 3.34. The van der Waals surface area contributed by atoms with Gasteiger partial charge in [0.2, 0.25) is 5.88 Å². The van der Waals surface area contributed by atoms with Gasteiger partial charge in [0.15, 0.2) is 5.69 Å². The molecule has 2 aromatic heterocycles. The van der Waals surface area contributed by atoms with Crippen LogP contribution in [-0.2, 0) is 12.8 Å². The lowest BCUT2D eigenvalue weighted by atomic mass is 10.0. The van der Waals surface area contributed by atoms with E-state index in [9.17, 15) is 18.0 Å². The molecule has 0 aliphatic carbocycles. The van der Waals surface area contributed by atoms with E-state index in [4.69, 9.17) is 37.7 Å². The van der Waals surface area contributed by atoms with Gasteiger partial charge in [0.05, 0.1) is 32.9 Å². The number of carbonyl (C=O) groups is 1. The number of rotatable bonds is 7. The second kappa shape index (κ2) is 11.6. The van der Waals surface area contributed by atoms with E-state index in [1.54, 1.807) is 18.2 Å². The minimum Gasteiger partial charge on any atom is -0.473 e. The number of carbonyl (C=O) groups excluding carboxylic acids is 1. The van der Waals surface area contributed by atoms with Crippen molar-refractivity contribution >= 4 is 34.8 Å². The molecule has 12 heteroatoms. The van der Waals surface area contributed by atoms with Crippen molar-refractivity contribution in [3.8, 4) is 23.2 Å². The number of nitrogens with zero attached hydrogens (tertiary/aromatic N) is 4. The zero-order valence-corrected chi connectivity index (χ0v) is 22.9. The van der Waals surface area contributed by atoms with Gasteiger partial charge in [0.1, 0.15) is 18.1 Å². The van der Waals surface area contributed by atoms with Crippen molar-refractivity contribution in [1.82, 2.24) is 10.1 Å². The molecule has 1 amide bonds. The Bertz CT molecular complexity index is 1580. The van der Waals surface area contributed by atoms with Crippen LogP contribution in [-0.4, -0.2) is 23.1 Å². The van der Waals surface area contributed by atoms with Crippen molar-refractivity contribution in [2.45, 2.75) is 32.5 Å². The van der Waals surface area contributed by atoms with Crippen LogP contribution in [0.25, 0.3) is 11.3 Å². The lowest BCUT2D eigenvalue weighted by Crippen LogP contribution is -2.29. The van der Waals surface area contributed by atoms with E-state index in [-0.39, 0.29) is 24.0 Å². The van der Waals surface area contributed by atoms with E-state index in [2.05, 4.69) is 10.1 Å². The van der Waals surface area contributed by atoms with Gasteiger partial charge in [-0.1, -0.05) is 48.3 Å². The van der Waals surface area contributed by atoms with Crippen molar-refractivity contribution in [3.63, 3.8) is 0 Å². The first-order valence-electron chi connectivity index (χ1n) is 11.8. The molecular weight excluding hydrogens is 568 g/mol. The Hall–Kier alpha value is -4.07. The van der Waals surface area contributed by atoms with Gasteiger partial charge in [-0.05, 0) is 42.5 Å². The third kappa shape index (κ3) is 5.91. The molecule has 0 saturated carbocycles. The molecule has 0 aliphatic rings. The summed E-state index contributed by atoms with van der Waals surface area (Å²) in [5.41, 5.74) is -0.190. The number of amides is 1. The second-order valence-electron chi connectivity index (χ2n) is 8.98. The highest BCUT2D eigenvalue weighted by Gasteiger charge is 2.38. The summed E-state index contributed by atoms with van der Waals surface area (Å²) in [6, 6.07) is 14.7. The summed E-state index contributed by atoms with van der Waals surface area (Å²) in [6.45, 7) is 3.48. The van der Waals surface area contributed by atoms with Gasteiger partial charge in [-0.2, -0.15) is 18.4 Å². The molecule has 0 atom stereocenters. The fourth-order valence-corrected chi connectivity index (χ4v) is 4.54. The topological polar surface area (TPSA) is 92.3 Å². The maximum atomic E-state index is 14.1. The fraction of sp³-hybridized carbons (Fsp3) is 0.214. The minimum absolute atomic E-state index is 0.106. The lowest BCUT2D eigenvalue weighted by molar-refractivity contribution is -0.140. The van der Waals surface area contributed by atoms with Gasteiger partial charge < -0.3 is 14.2 Å². The van der Waals surface area contributed by atoms with Gasteiger partial charge in [-0.3, -0.25) is 4.79 Å². The van der Waals surface area contributed by atoms with E-state index in [0.717, 1.165) is 11.0 Å². The summed E-state index contributed by atoms with van der Waals surface area (Å²) in [6.07, 6.45) is -4.90. The number of hydrogen-bond donors (Lipinski definition) is 0. The van der Waals surface area contributed by atoms with Crippen LogP contribution in [0.4, 0.5) is 18.9 Å². The van der Waals surface area contributed by atoms with Gasteiger partial charge >= 0.3 is 6.18 Å². The molecule has 2 aromatic carbocycles. The van der Waals surface area contributed by atoms with Crippen LogP contribution < -0.4 is 9.64 Å². The fourth-order valence-electron chi connectivity index (χ4n) is 3.97. The first-order chi connectivity index (χ1) is 18.9. The number of benzene rings is 2. The molecule has 0 fully saturated rings. The third-order valence-electron chi connectivity index (χ3n) is 5.95. The first-order valence-corrected chi connectivity index (χ1v) is 12.6. The van der Waals surface area contributed by atoms with Gasteiger partial charge in [0.25, 0.3) is 5.91 Å². The molecule has 7 nitrogen and oxygen atoms in total. The number of hydrogen-bond acceptors (Lipinski definition) is 6. The second-order valence-corrected chi connectivity index (χ2v) is 9.80. The molecule has 4 rings (SSSR count). The number of alkyl halides is 3. The van der Waals surface area contributed by atoms with Gasteiger partial charge in [-0.25, -0.2) is 4.98 Å². The summed E-state index contributed by atoms with van der Waals surface area (Å²) in [5, 5.41) is 13.7. The predicted molar refractivity (Wildman–Crippen MR) is 144 cm³/mol. The van der Waals surface area contributed by atoms with Crippen LogP contribution in [0.1, 0.15) is 52.7 Å². The van der Waals surface area contributed by atoms with Crippen LogP contribution in [0.2, 0.25) is 10.0 Å². The summed E-state index contributed by atoms with van der Waals surface area (Å²) in [7, 11) is 1.21. The average molecular weight is 589 g/mol. The normalized spacial score (nSPS) is 11.4. The maximum Gasteiger partial charge on any atom is 0.435 e. The Balaban J connectivity index is 1.66. The number of nitriles is 1. The van der Waals surface area contributed by atoms with E-state index >= 15 is 0 Å². The molecule has 2 heterocycles. The SMILES string of the molecule is CC(C)c1onc(-c2c(Cl)cccc2Cl)c1COc1ccc(N(C)C(=O)c2ccc(C#N)cc2)c(C(F)(F)F)n1. The molecule has 0 aliphatic heterocycles. The Kier molecular flexibility index (Phi) is 8.37. The highest BCUT2D eigenvalue weighted by atomic mass is 35.5. The summed E-state index contributed by atoms with van der Waals surface area (Å²) < 4.78 is 53.4. The number of halogens is 5. The predicted octanol–water partition coefficient (Wildman–Crippen LogP) is 7.91. The number of aromatic nitrogens is 2. The molecular formula is C28H21Cl2F3N4O3. The Morgan fingerprint density at radius 3 is 2.33 bits per heavy atom. The Labute approximate surface area is 237 Å². The summed E-state index contributed by atoms with van der Waals surface area (Å²) in [5.74, 6) is -0.726. The van der Waals surface area contributed by atoms with Crippen LogP contribution >= 0.6 is 23.2 Å². The highest BCUT2D eigenvalue weighted by Crippen LogP contribution is 2.40. The molecule has 0 saturated heterocycles. The molecule has 206 valence electrons. The Morgan fingerprint density at radius 1 is 1.10 bits per heavy atom. The molecule has 0 bridgehead atoms. The van der Waals surface area contributed by atoms with Crippen LogP contribution in [0.15, 0.2) is 59.1 Å². The van der Waals surface area contributed by atoms with Gasteiger partial charge in [0, 0.05) is 30.2 Å². The van der Waals surface area contributed by atoms with Crippen molar-refractivity contribution in [2.24, 2.45) is 0 Å². The number of anilines is 1. The largest absolute Gasteiger partial charge is 0.473 e. The molecule has 0 spiro atoms. The van der Waals surface area contributed by atoms with Crippen molar-refractivity contribution in [1.29, 1.82) is 5.26 Å². The zero-order valence-electron chi connectivity index (χ0n) is 21.4. The van der Waals surface area contributed by atoms with Crippen molar-refractivity contribution < 1.29 is 27.2 Å². The monoisotopic (exact) mass is 588 g/mol. The van der Waals surface area contributed by atoms with Gasteiger partial charge in [-0.15, -0.1) is 0 Å². The Morgan fingerprint density at radius 2 is 1.75 bits per heavy atom. The number of ether oxygens (including phenoxy) is 1. The molecule has 0 N–H and O–H groups in total. The van der Waals surface area contributed by atoms with Crippen LogP contribution in [0.5, 0.6) is 5.88 Å². The molecule has 0 radical (unpaired) electrons. The lowest BCUT2D eigenvalue weighted by Gasteiger charge is -2.22. The van der Waals surface area contributed by atoms with Crippen molar-refractivity contribution in [3.05, 3.63) is 92.8 Å². The highest BCUT2D eigenvalue weighted by molar-refractivity contribution is 6.39. The number of pyridine rings is 1. The first kappa shape index (κ1) is 28.9. The standard InChI is InChI=1S/C28H21Cl2F3N4O3/c1-15(2)25-18(24(36-40-25)23-19(29)5-4-6-20(23)30)14-39-22-12-11-21(26(35-22)28(31,32)33)37(3)27(38)17-9-7-16(13-34)8-10-17/h4-12,15H,14H2,1-3H3. The van der Waals surface area contributed by atoms with E-state index < -0.39 is 23.5 Å². The zero-order chi connectivity index (χ0) is 29.2. The summed E-state index contributed by atoms with van der Waals surface area (Å²) >= 11 is 12.7. The maximum absolute atomic E-state index is 14.1.